The number of pyridine rings is 1. The summed E-state index contributed by atoms with van der Waals surface area (Å²) in [5, 5.41) is 5.57. The number of anilines is 1. The molecule has 0 saturated carbocycles. The number of thiophene rings is 1. The Balaban J connectivity index is 1.53. The molecule has 2 aromatic rings. The molecule has 1 aliphatic heterocycles. The van der Waals surface area contributed by atoms with Crippen molar-refractivity contribution in [2.24, 2.45) is 7.05 Å². The second kappa shape index (κ2) is 5.84. The largest absolute Gasteiger partial charge is 0.486 e. The number of hydrogen-bond donors (Lipinski definition) is 1. The summed E-state index contributed by atoms with van der Waals surface area (Å²) in [5.74, 6) is 0.559. The number of hydrogen-bond acceptors (Lipinski definition) is 4. The fourth-order valence-electron chi connectivity index (χ4n) is 2.21. The van der Waals surface area contributed by atoms with Crippen molar-refractivity contribution in [2.45, 2.75) is 13.0 Å². The molecule has 0 atom stereocenters. The second-order valence-electron chi connectivity index (χ2n) is 5.28. The van der Waals surface area contributed by atoms with Crippen molar-refractivity contribution >= 4 is 22.4 Å². The molecule has 0 spiro atoms. The maximum absolute atomic E-state index is 12.0. The van der Waals surface area contributed by atoms with Gasteiger partial charge in [-0.25, -0.2) is 4.79 Å². The first kappa shape index (κ1) is 14.6. The van der Waals surface area contributed by atoms with Crippen LogP contribution in [-0.2, 0) is 7.05 Å². The zero-order valence-corrected chi connectivity index (χ0v) is 13.2. The zero-order chi connectivity index (χ0) is 15.7. The van der Waals surface area contributed by atoms with Crippen molar-refractivity contribution in [2.75, 3.05) is 18.4 Å². The van der Waals surface area contributed by atoms with E-state index >= 15 is 0 Å². The lowest BCUT2D eigenvalue weighted by molar-refractivity contribution is 0.0491. The van der Waals surface area contributed by atoms with E-state index in [2.05, 4.69) is 5.32 Å². The smallest absolute Gasteiger partial charge is 0.322 e. The van der Waals surface area contributed by atoms with Gasteiger partial charge in [0, 0.05) is 18.8 Å². The second-order valence-corrected chi connectivity index (χ2v) is 6.23. The van der Waals surface area contributed by atoms with Gasteiger partial charge in [0.15, 0.2) is 0 Å². The summed E-state index contributed by atoms with van der Waals surface area (Å²) in [6.07, 6.45) is -0.0689. The first-order valence-electron chi connectivity index (χ1n) is 6.96. The molecular formula is C15H17N3O3S. The predicted octanol–water partition coefficient (Wildman–Crippen LogP) is 2.05. The Morgan fingerprint density at radius 2 is 2.18 bits per heavy atom. The number of carbonyl (C=O) groups excluding carboxylic acids is 1. The highest BCUT2D eigenvalue weighted by molar-refractivity contribution is 7.14. The topological polar surface area (TPSA) is 63.6 Å². The molecule has 3 rings (SSSR count). The van der Waals surface area contributed by atoms with Crippen molar-refractivity contribution in [3.8, 4) is 5.75 Å². The number of amides is 2. The highest BCUT2D eigenvalue weighted by Crippen LogP contribution is 2.20. The van der Waals surface area contributed by atoms with Gasteiger partial charge in [0.25, 0.3) is 5.56 Å². The van der Waals surface area contributed by atoms with Gasteiger partial charge in [0.1, 0.15) is 11.9 Å². The number of aryl methyl sites for hydroxylation is 1. The highest BCUT2D eigenvalue weighted by atomic mass is 32.1. The maximum atomic E-state index is 12.0. The van der Waals surface area contributed by atoms with E-state index in [0.717, 1.165) is 10.7 Å². The van der Waals surface area contributed by atoms with E-state index in [1.54, 1.807) is 16.5 Å². The lowest BCUT2D eigenvalue weighted by Crippen LogP contribution is -2.57. The standard InChI is InChI=1S/C15H17N3O3S/c1-10-6-11(7-14(19)17(10)2)21-12-8-18(9-12)15(20)16-13-4-3-5-22-13/h3-7,12H,8-9H2,1-2H3,(H,16,20). The summed E-state index contributed by atoms with van der Waals surface area (Å²) in [6, 6.07) is 6.93. The number of nitrogens with zero attached hydrogens (tertiary/aromatic N) is 2. The van der Waals surface area contributed by atoms with Crippen LogP contribution in [0.3, 0.4) is 0 Å². The average Bonchev–Trinajstić information content (AvgIpc) is 2.92. The van der Waals surface area contributed by atoms with Crippen LogP contribution in [0.25, 0.3) is 0 Å². The van der Waals surface area contributed by atoms with Crippen LogP contribution in [0.4, 0.5) is 9.80 Å². The van der Waals surface area contributed by atoms with Gasteiger partial charge in [-0.05, 0) is 30.5 Å². The van der Waals surface area contributed by atoms with Crippen molar-refractivity contribution in [3.63, 3.8) is 0 Å². The molecule has 2 aromatic heterocycles. The van der Waals surface area contributed by atoms with Gasteiger partial charge in [0.2, 0.25) is 0 Å². The Bertz CT molecular complexity index is 733. The molecule has 1 N–H and O–H groups in total. The highest BCUT2D eigenvalue weighted by Gasteiger charge is 2.32. The predicted molar refractivity (Wildman–Crippen MR) is 85.7 cm³/mol. The van der Waals surface area contributed by atoms with E-state index in [1.807, 2.05) is 30.5 Å². The van der Waals surface area contributed by atoms with Crippen LogP contribution in [0, 0.1) is 6.92 Å². The summed E-state index contributed by atoms with van der Waals surface area (Å²) >= 11 is 1.48. The summed E-state index contributed by atoms with van der Waals surface area (Å²) in [6.45, 7) is 2.90. The SMILES string of the molecule is Cc1cc(OC2CN(C(=O)Nc3cccs3)C2)cc(=O)n1C. The lowest BCUT2D eigenvalue weighted by Gasteiger charge is -2.38. The molecule has 2 amide bonds. The molecular weight excluding hydrogens is 302 g/mol. The summed E-state index contributed by atoms with van der Waals surface area (Å²) < 4.78 is 7.31. The molecule has 7 heteroatoms. The Labute approximate surface area is 131 Å². The summed E-state index contributed by atoms with van der Waals surface area (Å²) in [7, 11) is 1.72. The third-order valence-electron chi connectivity index (χ3n) is 3.67. The number of nitrogens with one attached hydrogen (secondary N) is 1. The molecule has 22 heavy (non-hydrogen) atoms. The lowest BCUT2D eigenvalue weighted by atomic mass is 10.2. The molecule has 0 aromatic carbocycles. The number of likely N-dealkylation sites (tertiary alicyclic amines) is 1. The first-order chi connectivity index (χ1) is 10.5. The average molecular weight is 319 g/mol. The van der Waals surface area contributed by atoms with Crippen LogP contribution in [0.15, 0.2) is 34.4 Å². The minimum atomic E-state index is -0.123. The van der Waals surface area contributed by atoms with E-state index in [0.29, 0.717) is 18.8 Å². The number of carbonyl (C=O) groups is 1. The van der Waals surface area contributed by atoms with Crippen molar-refractivity contribution in [1.82, 2.24) is 9.47 Å². The molecule has 1 aliphatic rings. The van der Waals surface area contributed by atoms with Crippen molar-refractivity contribution in [1.29, 1.82) is 0 Å². The Hall–Kier alpha value is -2.28. The third kappa shape index (κ3) is 2.99. The Kier molecular flexibility index (Phi) is 3.89. The van der Waals surface area contributed by atoms with Crippen LogP contribution in [0.1, 0.15) is 5.69 Å². The number of ether oxygens (including phenoxy) is 1. The molecule has 3 heterocycles. The molecule has 0 aliphatic carbocycles. The van der Waals surface area contributed by atoms with E-state index in [-0.39, 0.29) is 17.7 Å². The molecule has 1 fully saturated rings. The monoisotopic (exact) mass is 319 g/mol. The van der Waals surface area contributed by atoms with E-state index in [1.165, 1.54) is 17.4 Å². The third-order valence-corrected chi connectivity index (χ3v) is 4.45. The van der Waals surface area contributed by atoms with E-state index in [4.69, 9.17) is 4.74 Å². The quantitative estimate of drug-likeness (QED) is 0.942. The molecule has 0 bridgehead atoms. The molecule has 116 valence electrons. The first-order valence-corrected chi connectivity index (χ1v) is 7.84. The van der Waals surface area contributed by atoms with Gasteiger partial charge >= 0.3 is 6.03 Å². The molecule has 1 saturated heterocycles. The van der Waals surface area contributed by atoms with Crippen LogP contribution < -0.4 is 15.6 Å². The Morgan fingerprint density at radius 1 is 1.41 bits per heavy atom. The molecule has 6 nitrogen and oxygen atoms in total. The number of urea groups is 1. The van der Waals surface area contributed by atoms with E-state index in [9.17, 15) is 9.59 Å². The van der Waals surface area contributed by atoms with Crippen LogP contribution in [-0.4, -0.2) is 34.7 Å². The fraction of sp³-hybridized carbons (Fsp3) is 0.333. The van der Waals surface area contributed by atoms with Crippen molar-refractivity contribution < 1.29 is 9.53 Å². The molecule has 0 unspecified atom stereocenters. The summed E-state index contributed by atoms with van der Waals surface area (Å²) in [5.41, 5.74) is 0.746. The van der Waals surface area contributed by atoms with E-state index < -0.39 is 0 Å². The van der Waals surface area contributed by atoms with Gasteiger partial charge < -0.3 is 14.2 Å². The van der Waals surface area contributed by atoms with Gasteiger partial charge in [-0.3, -0.25) is 10.1 Å². The van der Waals surface area contributed by atoms with Crippen molar-refractivity contribution in [3.05, 3.63) is 45.7 Å². The van der Waals surface area contributed by atoms with Gasteiger partial charge in [-0.1, -0.05) is 0 Å². The van der Waals surface area contributed by atoms with Gasteiger partial charge in [-0.2, -0.15) is 0 Å². The minimum absolute atomic E-state index is 0.0689. The normalized spacial score (nSPS) is 14.5. The van der Waals surface area contributed by atoms with Gasteiger partial charge in [0.05, 0.1) is 18.1 Å². The number of aromatic nitrogens is 1. The van der Waals surface area contributed by atoms with Crippen LogP contribution in [0.5, 0.6) is 5.75 Å². The molecule has 0 radical (unpaired) electrons. The maximum Gasteiger partial charge on any atom is 0.322 e. The zero-order valence-electron chi connectivity index (χ0n) is 12.4. The van der Waals surface area contributed by atoms with Crippen LogP contribution in [0.2, 0.25) is 0 Å². The minimum Gasteiger partial charge on any atom is -0.486 e. The van der Waals surface area contributed by atoms with Crippen LogP contribution >= 0.6 is 11.3 Å². The fourth-order valence-corrected chi connectivity index (χ4v) is 2.82. The summed E-state index contributed by atoms with van der Waals surface area (Å²) in [4.78, 5) is 25.3. The Morgan fingerprint density at radius 3 is 2.82 bits per heavy atom. The number of rotatable bonds is 3. The van der Waals surface area contributed by atoms with Gasteiger partial charge in [-0.15, -0.1) is 11.3 Å².